The van der Waals surface area contributed by atoms with Crippen LogP contribution in [0, 0.1) is 0 Å². The number of methoxy groups -OCH3 is 2. The largest absolute Gasteiger partial charge is 0.497 e. The zero-order valence-corrected chi connectivity index (χ0v) is 16.5. The maximum Gasteiger partial charge on any atom is 0.244 e. The standard InChI is InChI=1S/C22H27N3O3/c1-27-19-9-7-18(20(14-19)28-2)8-11-22(26)24-16-17-6-10-21(23-15-17)25-12-4-3-5-13-25/h6-11,14-15H,3-5,12-13,16H2,1-2H3,(H,24,26). The highest BCUT2D eigenvalue weighted by Gasteiger charge is 2.11. The summed E-state index contributed by atoms with van der Waals surface area (Å²) in [4.78, 5) is 19.0. The van der Waals surface area contributed by atoms with E-state index in [2.05, 4.69) is 15.2 Å². The van der Waals surface area contributed by atoms with Crippen molar-refractivity contribution in [1.82, 2.24) is 10.3 Å². The molecule has 0 bridgehead atoms. The van der Waals surface area contributed by atoms with Crippen LogP contribution in [0.25, 0.3) is 6.08 Å². The van der Waals surface area contributed by atoms with Crippen molar-refractivity contribution in [3.8, 4) is 11.5 Å². The van der Waals surface area contributed by atoms with Gasteiger partial charge in [-0.1, -0.05) is 6.07 Å². The van der Waals surface area contributed by atoms with E-state index in [1.54, 1.807) is 26.4 Å². The van der Waals surface area contributed by atoms with Crippen molar-refractivity contribution in [2.24, 2.45) is 0 Å². The fourth-order valence-electron chi connectivity index (χ4n) is 3.20. The van der Waals surface area contributed by atoms with Gasteiger partial charge in [-0.15, -0.1) is 0 Å². The molecule has 28 heavy (non-hydrogen) atoms. The van der Waals surface area contributed by atoms with E-state index in [1.165, 1.54) is 25.3 Å². The van der Waals surface area contributed by atoms with Crippen LogP contribution < -0.4 is 19.7 Å². The molecule has 1 aliphatic rings. The number of carbonyl (C=O) groups is 1. The maximum atomic E-state index is 12.1. The SMILES string of the molecule is COc1ccc(C=CC(=O)NCc2ccc(N3CCCCC3)nc2)c(OC)c1. The Morgan fingerprint density at radius 3 is 2.64 bits per heavy atom. The van der Waals surface area contributed by atoms with Crippen LogP contribution in [0.4, 0.5) is 5.82 Å². The molecular weight excluding hydrogens is 354 g/mol. The number of anilines is 1. The van der Waals surface area contributed by atoms with Crippen LogP contribution in [0.1, 0.15) is 30.4 Å². The third kappa shape index (κ3) is 5.25. The summed E-state index contributed by atoms with van der Waals surface area (Å²) in [5, 5.41) is 2.88. The normalized spacial score (nSPS) is 14.1. The summed E-state index contributed by atoms with van der Waals surface area (Å²) >= 11 is 0. The fourth-order valence-corrected chi connectivity index (χ4v) is 3.20. The van der Waals surface area contributed by atoms with E-state index in [1.807, 2.05) is 30.5 Å². The number of ether oxygens (including phenoxy) is 2. The molecular formula is C22H27N3O3. The zero-order valence-electron chi connectivity index (χ0n) is 16.5. The minimum absolute atomic E-state index is 0.169. The Hall–Kier alpha value is -3.02. The first-order chi connectivity index (χ1) is 13.7. The molecule has 0 unspecified atom stereocenters. The second kappa shape index (κ2) is 9.78. The first kappa shape index (κ1) is 19.7. The van der Waals surface area contributed by atoms with E-state index in [4.69, 9.17) is 9.47 Å². The lowest BCUT2D eigenvalue weighted by Crippen LogP contribution is -2.30. The Bertz CT molecular complexity index is 812. The number of pyridine rings is 1. The van der Waals surface area contributed by atoms with Gasteiger partial charge in [0.25, 0.3) is 0 Å². The van der Waals surface area contributed by atoms with Crippen molar-refractivity contribution in [2.45, 2.75) is 25.8 Å². The third-order valence-corrected chi connectivity index (χ3v) is 4.81. The molecule has 1 aromatic heterocycles. The summed E-state index contributed by atoms with van der Waals surface area (Å²) in [5.41, 5.74) is 1.79. The van der Waals surface area contributed by atoms with Gasteiger partial charge in [-0.2, -0.15) is 0 Å². The van der Waals surface area contributed by atoms with Crippen LogP contribution >= 0.6 is 0 Å². The van der Waals surface area contributed by atoms with Gasteiger partial charge in [0.1, 0.15) is 17.3 Å². The van der Waals surface area contributed by atoms with Crippen LogP contribution in [-0.2, 0) is 11.3 Å². The molecule has 0 spiro atoms. The monoisotopic (exact) mass is 381 g/mol. The minimum Gasteiger partial charge on any atom is -0.497 e. The van der Waals surface area contributed by atoms with E-state index >= 15 is 0 Å². The molecule has 1 aromatic carbocycles. The van der Waals surface area contributed by atoms with E-state index in [0.29, 0.717) is 18.0 Å². The van der Waals surface area contributed by atoms with Gasteiger partial charge < -0.3 is 19.7 Å². The van der Waals surface area contributed by atoms with E-state index in [0.717, 1.165) is 30.0 Å². The Labute approximate surface area is 166 Å². The first-order valence-electron chi connectivity index (χ1n) is 9.57. The number of nitrogens with zero attached hydrogens (tertiary/aromatic N) is 2. The average molecular weight is 381 g/mol. The molecule has 1 saturated heterocycles. The number of carbonyl (C=O) groups excluding carboxylic acids is 1. The van der Waals surface area contributed by atoms with E-state index < -0.39 is 0 Å². The van der Waals surface area contributed by atoms with E-state index in [9.17, 15) is 4.79 Å². The highest BCUT2D eigenvalue weighted by Crippen LogP contribution is 2.25. The molecule has 1 N–H and O–H groups in total. The summed E-state index contributed by atoms with van der Waals surface area (Å²) in [7, 11) is 3.19. The molecule has 0 atom stereocenters. The van der Waals surface area contributed by atoms with Crippen molar-refractivity contribution in [2.75, 3.05) is 32.2 Å². The molecule has 0 aliphatic carbocycles. The van der Waals surface area contributed by atoms with Crippen molar-refractivity contribution in [3.63, 3.8) is 0 Å². The second-order valence-electron chi connectivity index (χ2n) is 6.73. The first-order valence-corrected chi connectivity index (χ1v) is 9.57. The Morgan fingerprint density at radius 2 is 1.96 bits per heavy atom. The molecule has 2 aromatic rings. The van der Waals surface area contributed by atoms with Crippen LogP contribution in [0.15, 0.2) is 42.6 Å². The van der Waals surface area contributed by atoms with Crippen molar-refractivity contribution >= 4 is 17.8 Å². The Kier molecular flexibility index (Phi) is 6.89. The molecule has 148 valence electrons. The van der Waals surface area contributed by atoms with Crippen molar-refractivity contribution in [3.05, 3.63) is 53.7 Å². The van der Waals surface area contributed by atoms with Gasteiger partial charge >= 0.3 is 0 Å². The van der Waals surface area contributed by atoms with Gasteiger partial charge in [-0.3, -0.25) is 4.79 Å². The van der Waals surface area contributed by atoms with Gasteiger partial charge in [0.2, 0.25) is 5.91 Å². The zero-order chi connectivity index (χ0) is 19.8. The van der Waals surface area contributed by atoms with Gasteiger partial charge in [-0.25, -0.2) is 4.98 Å². The number of piperidine rings is 1. The molecule has 6 nitrogen and oxygen atoms in total. The second-order valence-corrected chi connectivity index (χ2v) is 6.73. The quantitative estimate of drug-likeness (QED) is 0.745. The summed E-state index contributed by atoms with van der Waals surface area (Å²) in [6.45, 7) is 2.58. The number of aromatic nitrogens is 1. The van der Waals surface area contributed by atoms with Crippen LogP contribution in [-0.4, -0.2) is 38.2 Å². The molecule has 1 aliphatic heterocycles. The predicted octanol–water partition coefficient (Wildman–Crippen LogP) is 3.42. The molecule has 2 heterocycles. The summed E-state index contributed by atoms with van der Waals surface area (Å²) in [6, 6.07) is 9.52. The van der Waals surface area contributed by atoms with Gasteiger partial charge in [0.15, 0.2) is 0 Å². The molecule has 3 rings (SSSR count). The van der Waals surface area contributed by atoms with Crippen LogP contribution in [0.5, 0.6) is 11.5 Å². The average Bonchev–Trinajstić information content (AvgIpc) is 2.77. The smallest absolute Gasteiger partial charge is 0.244 e. The summed E-state index contributed by atoms with van der Waals surface area (Å²) < 4.78 is 10.5. The lowest BCUT2D eigenvalue weighted by molar-refractivity contribution is -0.116. The highest BCUT2D eigenvalue weighted by molar-refractivity contribution is 5.92. The summed E-state index contributed by atoms with van der Waals surface area (Å²) in [6.07, 6.45) is 8.82. The highest BCUT2D eigenvalue weighted by atomic mass is 16.5. The molecule has 6 heteroatoms. The van der Waals surface area contributed by atoms with Crippen LogP contribution in [0.3, 0.4) is 0 Å². The molecule has 1 fully saturated rings. The van der Waals surface area contributed by atoms with Gasteiger partial charge in [0, 0.05) is 43.5 Å². The minimum atomic E-state index is -0.169. The Morgan fingerprint density at radius 1 is 1.14 bits per heavy atom. The third-order valence-electron chi connectivity index (χ3n) is 4.81. The number of benzene rings is 1. The fraction of sp³-hybridized carbons (Fsp3) is 0.364. The van der Waals surface area contributed by atoms with E-state index in [-0.39, 0.29) is 5.91 Å². The summed E-state index contributed by atoms with van der Waals surface area (Å²) in [5.74, 6) is 2.21. The van der Waals surface area contributed by atoms with Crippen molar-refractivity contribution < 1.29 is 14.3 Å². The molecule has 0 radical (unpaired) electrons. The number of nitrogens with one attached hydrogen (secondary N) is 1. The van der Waals surface area contributed by atoms with Crippen LogP contribution in [0.2, 0.25) is 0 Å². The lowest BCUT2D eigenvalue weighted by atomic mass is 10.1. The maximum absolute atomic E-state index is 12.1. The lowest BCUT2D eigenvalue weighted by Gasteiger charge is -2.27. The topological polar surface area (TPSA) is 63.7 Å². The number of amides is 1. The number of rotatable bonds is 7. The predicted molar refractivity (Wildman–Crippen MR) is 111 cm³/mol. The molecule has 0 saturated carbocycles. The van der Waals surface area contributed by atoms with Gasteiger partial charge in [-0.05, 0) is 49.1 Å². The Balaban J connectivity index is 1.53. The van der Waals surface area contributed by atoms with Crippen molar-refractivity contribution in [1.29, 1.82) is 0 Å². The number of hydrogen-bond acceptors (Lipinski definition) is 5. The molecule has 1 amide bonds. The van der Waals surface area contributed by atoms with Gasteiger partial charge in [0.05, 0.1) is 14.2 Å². The number of hydrogen-bond donors (Lipinski definition) is 1.